The lowest BCUT2D eigenvalue weighted by atomic mass is 10.3. The van der Waals surface area contributed by atoms with Crippen LogP contribution in [0.2, 0.25) is 0 Å². The number of nitrogens with one attached hydrogen (secondary N) is 2. The SMILES string of the molecule is CCOCCCNC(=O)c1cc(NC)ccn1. The van der Waals surface area contributed by atoms with Crippen LogP contribution in [0.4, 0.5) is 5.69 Å². The van der Waals surface area contributed by atoms with Crippen molar-refractivity contribution >= 4 is 11.6 Å². The van der Waals surface area contributed by atoms with E-state index in [1.807, 2.05) is 13.0 Å². The molecule has 0 saturated carbocycles. The highest BCUT2D eigenvalue weighted by Crippen LogP contribution is 2.06. The molecule has 0 spiro atoms. The van der Waals surface area contributed by atoms with Crippen molar-refractivity contribution in [2.24, 2.45) is 0 Å². The molecule has 1 aromatic heterocycles. The van der Waals surface area contributed by atoms with E-state index >= 15 is 0 Å². The number of ether oxygens (including phenoxy) is 1. The molecule has 0 aromatic carbocycles. The molecule has 5 heteroatoms. The molecule has 0 bridgehead atoms. The van der Waals surface area contributed by atoms with Gasteiger partial charge in [0.25, 0.3) is 5.91 Å². The quantitative estimate of drug-likeness (QED) is 0.701. The van der Waals surface area contributed by atoms with Gasteiger partial charge in [-0.3, -0.25) is 9.78 Å². The molecule has 0 saturated heterocycles. The van der Waals surface area contributed by atoms with Crippen molar-refractivity contribution in [1.82, 2.24) is 10.3 Å². The van der Waals surface area contributed by atoms with Gasteiger partial charge in [-0.2, -0.15) is 0 Å². The van der Waals surface area contributed by atoms with E-state index in [9.17, 15) is 4.79 Å². The maximum atomic E-state index is 11.7. The van der Waals surface area contributed by atoms with Crippen molar-refractivity contribution in [1.29, 1.82) is 0 Å². The van der Waals surface area contributed by atoms with E-state index in [4.69, 9.17) is 4.74 Å². The number of carbonyl (C=O) groups excluding carboxylic acids is 1. The molecule has 1 rings (SSSR count). The second kappa shape index (κ2) is 7.62. The number of hydrogen-bond acceptors (Lipinski definition) is 4. The van der Waals surface area contributed by atoms with Gasteiger partial charge in [-0.15, -0.1) is 0 Å². The zero-order valence-electron chi connectivity index (χ0n) is 10.3. The van der Waals surface area contributed by atoms with Crippen molar-refractivity contribution in [2.45, 2.75) is 13.3 Å². The zero-order chi connectivity index (χ0) is 12.5. The molecule has 0 fully saturated rings. The van der Waals surface area contributed by atoms with E-state index in [0.29, 0.717) is 25.5 Å². The van der Waals surface area contributed by atoms with E-state index < -0.39 is 0 Å². The Kier molecular flexibility index (Phi) is 6.03. The molecule has 17 heavy (non-hydrogen) atoms. The first-order chi connectivity index (χ1) is 8.27. The van der Waals surface area contributed by atoms with Gasteiger partial charge in [0.15, 0.2) is 0 Å². The summed E-state index contributed by atoms with van der Waals surface area (Å²) < 4.78 is 5.18. The third kappa shape index (κ3) is 4.82. The van der Waals surface area contributed by atoms with Gasteiger partial charge < -0.3 is 15.4 Å². The predicted octanol–water partition coefficient (Wildman–Crippen LogP) is 1.28. The summed E-state index contributed by atoms with van der Waals surface area (Å²) in [5.74, 6) is -0.154. The summed E-state index contributed by atoms with van der Waals surface area (Å²) >= 11 is 0. The van der Waals surface area contributed by atoms with Crippen LogP contribution >= 0.6 is 0 Å². The number of pyridine rings is 1. The average Bonchev–Trinajstić information content (AvgIpc) is 2.38. The third-order valence-corrected chi connectivity index (χ3v) is 2.24. The Labute approximate surface area is 102 Å². The third-order valence-electron chi connectivity index (χ3n) is 2.24. The second-order valence-corrected chi connectivity index (χ2v) is 3.49. The van der Waals surface area contributed by atoms with Crippen molar-refractivity contribution in [3.05, 3.63) is 24.0 Å². The summed E-state index contributed by atoms with van der Waals surface area (Å²) in [7, 11) is 1.80. The summed E-state index contributed by atoms with van der Waals surface area (Å²) in [4.78, 5) is 15.7. The van der Waals surface area contributed by atoms with Crippen LogP contribution in [0.15, 0.2) is 18.3 Å². The number of nitrogens with zero attached hydrogens (tertiary/aromatic N) is 1. The molecular formula is C12H19N3O2. The van der Waals surface area contributed by atoms with Crippen LogP contribution in [0.1, 0.15) is 23.8 Å². The monoisotopic (exact) mass is 237 g/mol. The zero-order valence-corrected chi connectivity index (χ0v) is 10.3. The fourth-order valence-corrected chi connectivity index (χ4v) is 1.32. The van der Waals surface area contributed by atoms with Crippen LogP contribution in [-0.4, -0.2) is 37.7 Å². The minimum absolute atomic E-state index is 0.154. The maximum Gasteiger partial charge on any atom is 0.269 e. The van der Waals surface area contributed by atoms with Gasteiger partial charge in [-0.1, -0.05) is 0 Å². The topological polar surface area (TPSA) is 63.2 Å². The van der Waals surface area contributed by atoms with Gasteiger partial charge in [-0.05, 0) is 25.5 Å². The van der Waals surface area contributed by atoms with Crippen LogP contribution in [-0.2, 0) is 4.74 Å². The summed E-state index contributed by atoms with van der Waals surface area (Å²) in [6.45, 7) is 3.93. The normalized spacial score (nSPS) is 10.0. The van der Waals surface area contributed by atoms with Crippen molar-refractivity contribution < 1.29 is 9.53 Å². The molecule has 1 heterocycles. The largest absolute Gasteiger partial charge is 0.388 e. The highest BCUT2D eigenvalue weighted by molar-refractivity contribution is 5.93. The minimum atomic E-state index is -0.154. The number of anilines is 1. The highest BCUT2D eigenvalue weighted by Gasteiger charge is 2.06. The Bertz CT molecular complexity index is 355. The molecule has 2 N–H and O–H groups in total. The Balaban J connectivity index is 2.36. The number of hydrogen-bond donors (Lipinski definition) is 2. The van der Waals surface area contributed by atoms with Gasteiger partial charge >= 0.3 is 0 Å². The van der Waals surface area contributed by atoms with Crippen LogP contribution in [0.25, 0.3) is 0 Å². The lowest BCUT2D eigenvalue weighted by Crippen LogP contribution is -2.26. The fraction of sp³-hybridized carbons (Fsp3) is 0.500. The molecule has 0 aliphatic carbocycles. The van der Waals surface area contributed by atoms with Crippen molar-refractivity contribution in [3.63, 3.8) is 0 Å². The predicted molar refractivity (Wildman–Crippen MR) is 67.2 cm³/mol. The molecule has 0 atom stereocenters. The number of rotatable bonds is 7. The van der Waals surface area contributed by atoms with Crippen molar-refractivity contribution in [3.8, 4) is 0 Å². The lowest BCUT2D eigenvalue weighted by molar-refractivity contribution is 0.0939. The molecule has 0 radical (unpaired) electrons. The van der Waals surface area contributed by atoms with Gasteiger partial charge in [0, 0.05) is 38.7 Å². The summed E-state index contributed by atoms with van der Waals surface area (Å²) in [5.41, 5.74) is 1.30. The molecule has 5 nitrogen and oxygen atoms in total. The second-order valence-electron chi connectivity index (χ2n) is 3.49. The molecular weight excluding hydrogens is 218 g/mol. The Morgan fingerprint density at radius 1 is 1.53 bits per heavy atom. The van der Waals surface area contributed by atoms with E-state index in [-0.39, 0.29) is 5.91 Å². The highest BCUT2D eigenvalue weighted by atomic mass is 16.5. The first-order valence-corrected chi connectivity index (χ1v) is 5.77. The van der Waals surface area contributed by atoms with Gasteiger partial charge in [0.05, 0.1) is 0 Å². The van der Waals surface area contributed by atoms with E-state index in [1.54, 1.807) is 19.3 Å². The van der Waals surface area contributed by atoms with Crippen LogP contribution in [0.3, 0.4) is 0 Å². The van der Waals surface area contributed by atoms with Crippen molar-refractivity contribution in [2.75, 3.05) is 32.1 Å². The summed E-state index contributed by atoms with van der Waals surface area (Å²) in [6, 6.07) is 3.53. The summed E-state index contributed by atoms with van der Waals surface area (Å²) in [5, 5.41) is 5.77. The number of aromatic nitrogens is 1. The van der Waals surface area contributed by atoms with Gasteiger partial charge in [0.1, 0.15) is 5.69 Å². The van der Waals surface area contributed by atoms with Crippen LogP contribution < -0.4 is 10.6 Å². The average molecular weight is 237 g/mol. The Hall–Kier alpha value is -1.62. The summed E-state index contributed by atoms with van der Waals surface area (Å²) in [6.07, 6.45) is 2.42. The molecule has 0 unspecified atom stereocenters. The lowest BCUT2D eigenvalue weighted by Gasteiger charge is -2.06. The molecule has 94 valence electrons. The molecule has 0 aliphatic rings. The fourth-order valence-electron chi connectivity index (χ4n) is 1.32. The van der Waals surface area contributed by atoms with Gasteiger partial charge in [-0.25, -0.2) is 0 Å². The number of carbonyl (C=O) groups is 1. The van der Waals surface area contributed by atoms with E-state index in [1.165, 1.54) is 0 Å². The molecule has 0 aliphatic heterocycles. The minimum Gasteiger partial charge on any atom is -0.388 e. The van der Waals surface area contributed by atoms with E-state index in [2.05, 4.69) is 15.6 Å². The molecule has 1 aromatic rings. The maximum absolute atomic E-state index is 11.7. The first kappa shape index (κ1) is 13.4. The van der Waals surface area contributed by atoms with Crippen LogP contribution in [0, 0.1) is 0 Å². The van der Waals surface area contributed by atoms with Crippen LogP contribution in [0.5, 0.6) is 0 Å². The Morgan fingerprint density at radius 3 is 3.06 bits per heavy atom. The molecule has 1 amide bonds. The smallest absolute Gasteiger partial charge is 0.269 e. The van der Waals surface area contributed by atoms with Gasteiger partial charge in [0.2, 0.25) is 0 Å². The number of amides is 1. The van der Waals surface area contributed by atoms with E-state index in [0.717, 1.165) is 12.1 Å². The standard InChI is InChI=1S/C12H19N3O2/c1-3-17-8-4-6-15-12(16)11-9-10(13-2)5-7-14-11/h5,7,9H,3-4,6,8H2,1-2H3,(H,13,14)(H,15,16). The first-order valence-electron chi connectivity index (χ1n) is 5.77. The Morgan fingerprint density at radius 2 is 2.35 bits per heavy atom.